The lowest BCUT2D eigenvalue weighted by Gasteiger charge is -2.17. The lowest BCUT2D eigenvalue weighted by molar-refractivity contribution is 0.461. The van der Waals surface area contributed by atoms with Gasteiger partial charge in [-0.15, -0.1) is 0 Å². The first-order valence-electron chi connectivity index (χ1n) is 7.13. The molecule has 0 bridgehead atoms. The van der Waals surface area contributed by atoms with Gasteiger partial charge in [-0.1, -0.05) is 19.0 Å². The maximum absolute atomic E-state index is 11.2. The van der Waals surface area contributed by atoms with E-state index in [0.29, 0.717) is 6.08 Å². The molecule has 0 radical (unpaired) electrons. The lowest BCUT2D eigenvalue weighted by atomic mass is 9.98. The van der Waals surface area contributed by atoms with E-state index in [2.05, 4.69) is 0 Å². The van der Waals surface area contributed by atoms with Crippen LogP contribution in [-0.4, -0.2) is 18.2 Å². The Hall–Kier alpha value is -0.350. The molecule has 0 saturated heterocycles. The fourth-order valence-corrected chi connectivity index (χ4v) is 0.942. The van der Waals surface area contributed by atoms with Crippen LogP contribution >= 0.6 is 0 Å². The van der Waals surface area contributed by atoms with Gasteiger partial charge in [-0.2, -0.15) is 8.42 Å². The van der Waals surface area contributed by atoms with Gasteiger partial charge in [-0.05, 0) is 18.6 Å². The lowest BCUT2D eigenvalue weighted by Crippen LogP contribution is -2.21. The number of hydrogen-bond donors (Lipinski definition) is 1. The minimum absolute atomic E-state index is 0.197. The molecule has 0 aliphatic heterocycles. The van der Waals surface area contributed by atoms with Crippen molar-refractivity contribution in [2.45, 2.75) is 24.8 Å². The summed E-state index contributed by atoms with van der Waals surface area (Å²) in [5, 5.41) is -3.45. The topological polar surface area (TPSA) is 54.4 Å². The highest BCUT2D eigenvalue weighted by atomic mass is 32.2. The van der Waals surface area contributed by atoms with E-state index in [1.807, 2.05) is 0 Å². The van der Waals surface area contributed by atoms with Gasteiger partial charge in [0.15, 0.2) is 0 Å². The third-order valence-corrected chi connectivity index (χ3v) is 1.79. The smallest absolute Gasteiger partial charge is 0.271 e. The fraction of sp³-hybridized carbons (Fsp3) is 0.714. The molecule has 0 spiro atoms. The summed E-state index contributed by atoms with van der Waals surface area (Å²) in [6.45, 7) is -3.30. The third kappa shape index (κ3) is 2.31. The molecule has 1 N–H and O–H groups in total. The van der Waals surface area contributed by atoms with E-state index >= 15 is 0 Å². The van der Waals surface area contributed by atoms with Gasteiger partial charge >= 0.3 is 0 Å². The first-order chi connectivity index (χ1) is 8.46. The van der Waals surface area contributed by atoms with Crippen molar-refractivity contribution in [3.8, 4) is 0 Å². The van der Waals surface area contributed by atoms with Gasteiger partial charge in [0.05, 0.1) is 1.37 Å². The number of allylic oxidation sites excluding steroid dienone is 1. The molecule has 3 nitrogen and oxygen atoms in total. The van der Waals surface area contributed by atoms with Crippen molar-refractivity contribution in [2.75, 3.05) is 0 Å². The van der Waals surface area contributed by atoms with Crippen LogP contribution < -0.4 is 0 Å². The molecule has 0 saturated carbocycles. The summed E-state index contributed by atoms with van der Waals surface area (Å²) in [6.07, 6.45) is -6.75. The van der Waals surface area contributed by atoms with Crippen molar-refractivity contribution in [3.63, 3.8) is 0 Å². The molecule has 2 atom stereocenters. The standard InChI is InChI=1S/C7H12O3S/c1-6-2-4-7(5-3-6)11(8,9)10/h2,4,6-7H,3,5H2,1H3,(H,8,9,10)/i1D3,3D2,5D2,6D,7D. The van der Waals surface area contributed by atoms with Crippen LogP contribution in [0.2, 0.25) is 0 Å². The van der Waals surface area contributed by atoms with Crippen molar-refractivity contribution >= 4 is 10.1 Å². The molecule has 0 aromatic rings. The van der Waals surface area contributed by atoms with Gasteiger partial charge in [0.1, 0.15) is 5.23 Å². The summed E-state index contributed by atoms with van der Waals surface area (Å²) in [7, 11) is -5.40. The minimum Gasteiger partial charge on any atom is -0.285 e. The SMILES string of the molecule is [2H]C([2H])([2H])C1([2H])C=CC([2H])(S(=O)(=O)O)C([2H])([2H])C1([2H])[2H]. The summed E-state index contributed by atoms with van der Waals surface area (Å²) < 4.78 is 98.2. The second-order valence-electron chi connectivity index (χ2n) is 1.84. The van der Waals surface area contributed by atoms with Crippen LogP contribution in [0.5, 0.6) is 0 Å². The average Bonchev–Trinajstić information content (AvgIpc) is 2.19. The Balaban J connectivity index is 3.76. The molecule has 0 aromatic heterocycles. The summed E-state index contributed by atoms with van der Waals surface area (Å²) in [6, 6.07) is 0. The van der Waals surface area contributed by atoms with E-state index < -0.39 is 40.8 Å². The Kier molecular flexibility index (Phi) is 0.688. The van der Waals surface area contributed by atoms with E-state index in [1.54, 1.807) is 0 Å². The predicted octanol–water partition coefficient (Wildman–Crippen LogP) is 1.23. The molecule has 0 fully saturated rings. The first-order valence-corrected chi connectivity index (χ1v) is 4.07. The molecule has 0 heterocycles. The van der Waals surface area contributed by atoms with Gasteiger partial charge in [0.25, 0.3) is 10.1 Å². The van der Waals surface area contributed by atoms with Crippen LogP contribution in [0, 0.1) is 5.89 Å². The highest BCUT2D eigenvalue weighted by Crippen LogP contribution is 2.20. The molecule has 0 amide bonds. The average molecular weight is 185 g/mol. The Morgan fingerprint density at radius 1 is 1.73 bits per heavy atom. The molecule has 64 valence electrons. The van der Waals surface area contributed by atoms with E-state index in [1.165, 1.54) is 0 Å². The molecule has 1 aliphatic carbocycles. The molecular weight excluding hydrogens is 164 g/mol. The minimum atomic E-state index is -5.40. The fourth-order valence-electron chi connectivity index (χ4n) is 0.522. The second-order valence-corrected chi connectivity index (χ2v) is 3.23. The van der Waals surface area contributed by atoms with Crippen molar-refractivity contribution in [2.24, 2.45) is 5.89 Å². The summed E-state index contributed by atoms with van der Waals surface area (Å²) in [5.41, 5.74) is 0. The molecule has 2 unspecified atom stereocenters. The Morgan fingerprint density at radius 3 is 3.00 bits per heavy atom. The van der Waals surface area contributed by atoms with Crippen LogP contribution in [0.3, 0.4) is 0 Å². The largest absolute Gasteiger partial charge is 0.285 e. The van der Waals surface area contributed by atoms with Crippen LogP contribution in [0.25, 0.3) is 0 Å². The molecular formula is C7H12O3S. The normalized spacial score (nSPS) is 67.9. The highest BCUT2D eigenvalue weighted by molar-refractivity contribution is 7.86. The Morgan fingerprint density at radius 2 is 2.45 bits per heavy atom. The monoisotopic (exact) mass is 185 g/mol. The Bertz CT molecular complexity index is 550. The molecule has 11 heavy (non-hydrogen) atoms. The quantitative estimate of drug-likeness (QED) is 0.494. The summed E-state index contributed by atoms with van der Waals surface area (Å²) >= 11 is 0. The van der Waals surface area contributed by atoms with Crippen LogP contribution in [0.1, 0.15) is 31.9 Å². The van der Waals surface area contributed by atoms with Crippen molar-refractivity contribution in [3.05, 3.63) is 12.2 Å². The van der Waals surface area contributed by atoms with E-state index in [9.17, 15) is 8.42 Å². The molecule has 1 rings (SSSR count). The van der Waals surface area contributed by atoms with Crippen molar-refractivity contribution < 1.29 is 25.3 Å². The third-order valence-electron chi connectivity index (χ3n) is 1.000. The zero-order valence-corrected chi connectivity index (χ0v) is 6.14. The van der Waals surface area contributed by atoms with Crippen LogP contribution in [0.4, 0.5) is 0 Å². The molecule has 1 aliphatic rings. The van der Waals surface area contributed by atoms with Gasteiger partial charge in [-0.3, -0.25) is 4.55 Å². The predicted molar refractivity (Wildman–Crippen MR) is 42.9 cm³/mol. The zero-order valence-electron chi connectivity index (χ0n) is 14.3. The highest BCUT2D eigenvalue weighted by Gasteiger charge is 2.23. The number of rotatable bonds is 1. The van der Waals surface area contributed by atoms with Gasteiger partial charge in [-0.25, -0.2) is 0 Å². The summed E-state index contributed by atoms with van der Waals surface area (Å²) in [5.74, 6) is -3.10. The van der Waals surface area contributed by atoms with Crippen LogP contribution in [0.15, 0.2) is 12.2 Å². The van der Waals surface area contributed by atoms with Crippen LogP contribution in [-0.2, 0) is 10.1 Å². The maximum atomic E-state index is 11.2. The second kappa shape index (κ2) is 2.95. The van der Waals surface area contributed by atoms with Crippen molar-refractivity contribution in [1.82, 2.24) is 0 Å². The summed E-state index contributed by atoms with van der Waals surface area (Å²) in [4.78, 5) is 0. The zero-order chi connectivity index (χ0) is 16.4. The van der Waals surface area contributed by atoms with Gasteiger partial charge in [0, 0.05) is 11.0 Å². The Labute approximate surface area is 79.5 Å². The number of hydrogen-bond acceptors (Lipinski definition) is 2. The van der Waals surface area contributed by atoms with Crippen molar-refractivity contribution in [1.29, 1.82) is 0 Å². The van der Waals surface area contributed by atoms with E-state index in [4.69, 9.17) is 16.9 Å². The molecule has 4 heteroatoms. The van der Waals surface area contributed by atoms with Gasteiger partial charge in [0.2, 0.25) is 0 Å². The molecule has 0 aromatic carbocycles. The van der Waals surface area contributed by atoms with E-state index in [-0.39, 0.29) is 6.08 Å². The van der Waals surface area contributed by atoms with Gasteiger partial charge < -0.3 is 0 Å². The first kappa shape index (κ1) is 2.57. The van der Waals surface area contributed by atoms with E-state index in [0.717, 1.165) is 0 Å². The maximum Gasteiger partial charge on any atom is 0.271 e.